The van der Waals surface area contributed by atoms with Gasteiger partial charge in [0.15, 0.2) is 5.65 Å². The number of methoxy groups -OCH3 is 1. The van der Waals surface area contributed by atoms with Gasteiger partial charge in [0.05, 0.1) is 18.3 Å². The van der Waals surface area contributed by atoms with Crippen molar-refractivity contribution in [1.82, 2.24) is 14.5 Å². The fourth-order valence-electron chi connectivity index (χ4n) is 2.83. The van der Waals surface area contributed by atoms with Gasteiger partial charge in [-0.15, -0.1) is 0 Å². The zero-order valence-corrected chi connectivity index (χ0v) is 14.6. The summed E-state index contributed by atoms with van der Waals surface area (Å²) < 4.78 is 6.96. The lowest BCUT2D eigenvalue weighted by Crippen LogP contribution is -2.18. The minimum Gasteiger partial charge on any atom is -0.512 e. The van der Waals surface area contributed by atoms with Crippen LogP contribution in [0.5, 0.6) is 5.75 Å². The fourth-order valence-corrected chi connectivity index (χ4v) is 2.83. The molecule has 1 aromatic carbocycles. The predicted molar refractivity (Wildman–Crippen MR) is 97.4 cm³/mol. The van der Waals surface area contributed by atoms with Gasteiger partial charge < -0.3 is 9.84 Å². The lowest BCUT2D eigenvalue weighted by Gasteiger charge is -2.15. The Labute approximate surface area is 145 Å². The smallest absolute Gasteiger partial charge is 0.283 e. The van der Waals surface area contributed by atoms with Gasteiger partial charge in [-0.2, -0.15) is 4.98 Å². The Hall–Kier alpha value is -3.15. The van der Waals surface area contributed by atoms with Gasteiger partial charge in [0.1, 0.15) is 11.6 Å². The average molecular weight is 337 g/mol. The van der Waals surface area contributed by atoms with Gasteiger partial charge in [0, 0.05) is 17.5 Å². The summed E-state index contributed by atoms with van der Waals surface area (Å²) in [6, 6.07) is 9.21. The van der Waals surface area contributed by atoms with E-state index in [1.165, 1.54) is 13.0 Å². The summed E-state index contributed by atoms with van der Waals surface area (Å²) in [5, 5.41) is 10.2. The van der Waals surface area contributed by atoms with Crippen molar-refractivity contribution in [2.24, 2.45) is 0 Å². The van der Waals surface area contributed by atoms with Crippen molar-refractivity contribution in [3.63, 3.8) is 0 Å². The number of hydrogen-bond donors (Lipinski definition) is 1. The number of benzene rings is 1. The molecule has 0 saturated heterocycles. The minimum atomic E-state index is -0.364. The molecular weight excluding hydrogens is 318 g/mol. The minimum absolute atomic E-state index is 0.0536. The van der Waals surface area contributed by atoms with E-state index in [4.69, 9.17) is 4.74 Å². The molecule has 0 aliphatic heterocycles. The maximum atomic E-state index is 12.5. The molecule has 0 radical (unpaired) electrons. The summed E-state index contributed by atoms with van der Waals surface area (Å²) in [6.07, 6.45) is 1.45. The van der Waals surface area contributed by atoms with Crippen molar-refractivity contribution in [2.45, 2.75) is 20.8 Å². The molecule has 0 fully saturated rings. The molecule has 1 N–H and O–H groups in total. The molecule has 6 nitrogen and oxygen atoms in total. The quantitative estimate of drug-likeness (QED) is 0.742. The molecule has 0 unspecified atom stereocenters. The number of aryl methyl sites for hydroxylation is 2. The number of allylic oxidation sites excluding steroid dienone is 1. The van der Waals surface area contributed by atoms with Gasteiger partial charge in [0.2, 0.25) is 0 Å². The van der Waals surface area contributed by atoms with Crippen LogP contribution in [0, 0.1) is 13.8 Å². The van der Waals surface area contributed by atoms with Gasteiger partial charge in [-0.3, -0.25) is 9.36 Å². The second-order valence-corrected chi connectivity index (χ2v) is 5.87. The third kappa shape index (κ3) is 3.10. The highest BCUT2D eigenvalue weighted by molar-refractivity contribution is 5.81. The summed E-state index contributed by atoms with van der Waals surface area (Å²) in [5.74, 6) is 1.09. The number of aromatic nitrogens is 3. The van der Waals surface area contributed by atoms with Crippen molar-refractivity contribution in [2.75, 3.05) is 7.11 Å². The fraction of sp³-hybridized carbons (Fsp3) is 0.211. The van der Waals surface area contributed by atoms with E-state index in [1.807, 2.05) is 44.2 Å². The standard InChI is InChI=1S/C19H19N3O3/c1-11-9-12(2)20-18-17(11)19(24)21-16(10-13(3)23)22(18)14-5-7-15(25-4)8-6-14/h5-10,23H,1-4H3/b13-10+. The lowest BCUT2D eigenvalue weighted by molar-refractivity contribution is 0.414. The van der Waals surface area contributed by atoms with E-state index in [0.717, 1.165) is 22.7 Å². The molecule has 0 amide bonds. The summed E-state index contributed by atoms with van der Waals surface area (Å²) in [7, 11) is 1.60. The average Bonchev–Trinajstić information content (AvgIpc) is 2.54. The molecule has 3 rings (SSSR count). The number of aliphatic hydroxyl groups is 1. The zero-order chi connectivity index (χ0) is 18.1. The first kappa shape index (κ1) is 16.7. The van der Waals surface area contributed by atoms with E-state index >= 15 is 0 Å². The Morgan fingerprint density at radius 3 is 2.48 bits per heavy atom. The van der Waals surface area contributed by atoms with E-state index in [2.05, 4.69) is 9.97 Å². The maximum Gasteiger partial charge on any atom is 0.283 e. The Morgan fingerprint density at radius 2 is 1.88 bits per heavy atom. The third-order valence-electron chi connectivity index (χ3n) is 3.87. The maximum absolute atomic E-state index is 12.5. The highest BCUT2D eigenvalue weighted by Gasteiger charge is 2.15. The van der Waals surface area contributed by atoms with Gasteiger partial charge in [-0.05, 0) is 56.7 Å². The molecule has 3 aromatic rings. The number of fused-ring (bicyclic) bond motifs is 1. The Kier molecular flexibility index (Phi) is 4.27. The predicted octanol–water partition coefficient (Wildman–Crippen LogP) is 3.32. The van der Waals surface area contributed by atoms with Crippen molar-refractivity contribution >= 4 is 17.1 Å². The van der Waals surface area contributed by atoms with Crippen LogP contribution in [0.15, 0.2) is 40.9 Å². The van der Waals surface area contributed by atoms with E-state index < -0.39 is 0 Å². The third-order valence-corrected chi connectivity index (χ3v) is 3.87. The lowest BCUT2D eigenvalue weighted by atomic mass is 10.1. The summed E-state index contributed by atoms with van der Waals surface area (Å²) in [5.41, 5.74) is 2.53. The van der Waals surface area contributed by atoms with Gasteiger partial charge in [-0.1, -0.05) is 0 Å². The number of hydrogen-bond acceptors (Lipinski definition) is 5. The molecule has 0 saturated carbocycles. The van der Waals surface area contributed by atoms with Crippen LogP contribution in [0.4, 0.5) is 0 Å². The summed E-state index contributed by atoms with van der Waals surface area (Å²) >= 11 is 0. The molecule has 128 valence electrons. The van der Waals surface area contributed by atoms with Crippen molar-refractivity contribution in [3.8, 4) is 11.4 Å². The van der Waals surface area contributed by atoms with Crippen molar-refractivity contribution < 1.29 is 9.84 Å². The summed E-state index contributed by atoms with van der Waals surface area (Å²) in [6.45, 7) is 5.28. The van der Waals surface area contributed by atoms with Crippen molar-refractivity contribution in [1.29, 1.82) is 0 Å². The second kappa shape index (κ2) is 6.39. The molecule has 2 heterocycles. The second-order valence-electron chi connectivity index (χ2n) is 5.87. The molecular formula is C19H19N3O3. The van der Waals surface area contributed by atoms with Crippen molar-refractivity contribution in [3.05, 3.63) is 63.5 Å². The van der Waals surface area contributed by atoms with Crippen LogP contribution in [-0.4, -0.2) is 26.8 Å². The monoisotopic (exact) mass is 337 g/mol. The molecule has 25 heavy (non-hydrogen) atoms. The van der Waals surface area contributed by atoms with Gasteiger partial charge in [-0.25, -0.2) is 4.98 Å². The number of ether oxygens (including phenoxy) is 1. The van der Waals surface area contributed by atoms with E-state index in [1.54, 1.807) is 11.7 Å². The Balaban J connectivity index is 2.45. The van der Waals surface area contributed by atoms with Crippen LogP contribution < -0.4 is 10.3 Å². The first-order valence-electron chi connectivity index (χ1n) is 7.83. The molecule has 6 heteroatoms. The van der Waals surface area contributed by atoms with E-state index in [9.17, 15) is 9.90 Å². The van der Waals surface area contributed by atoms with Gasteiger partial charge in [0.25, 0.3) is 5.56 Å². The highest BCUT2D eigenvalue weighted by Crippen LogP contribution is 2.22. The normalized spacial score (nSPS) is 11.8. The van der Waals surface area contributed by atoms with Crippen LogP contribution >= 0.6 is 0 Å². The Bertz CT molecular complexity index is 1030. The molecule has 0 atom stereocenters. The van der Waals surface area contributed by atoms with Crippen LogP contribution in [0.25, 0.3) is 22.8 Å². The zero-order valence-electron chi connectivity index (χ0n) is 14.6. The topological polar surface area (TPSA) is 77.2 Å². The number of nitrogens with zero attached hydrogens (tertiary/aromatic N) is 3. The molecule has 0 aliphatic carbocycles. The first-order chi connectivity index (χ1) is 11.9. The van der Waals surface area contributed by atoms with Crippen LogP contribution in [0.3, 0.4) is 0 Å². The molecule has 0 bridgehead atoms. The highest BCUT2D eigenvalue weighted by atomic mass is 16.5. The van der Waals surface area contributed by atoms with Crippen LogP contribution in [-0.2, 0) is 0 Å². The van der Waals surface area contributed by atoms with Crippen LogP contribution in [0.1, 0.15) is 24.0 Å². The SMILES string of the molecule is COc1ccc(-n2c(/C=C(\C)O)nc(=O)c3c(C)cc(C)nc32)cc1. The largest absolute Gasteiger partial charge is 0.512 e. The molecule has 2 aromatic heterocycles. The summed E-state index contributed by atoms with van der Waals surface area (Å²) in [4.78, 5) is 21.2. The number of pyridine rings is 1. The van der Waals surface area contributed by atoms with E-state index in [-0.39, 0.29) is 11.3 Å². The number of rotatable bonds is 3. The first-order valence-corrected chi connectivity index (χ1v) is 7.83. The van der Waals surface area contributed by atoms with E-state index in [0.29, 0.717) is 16.9 Å². The Morgan fingerprint density at radius 1 is 1.20 bits per heavy atom. The number of aliphatic hydroxyl groups excluding tert-OH is 1. The van der Waals surface area contributed by atoms with Gasteiger partial charge >= 0.3 is 0 Å². The van der Waals surface area contributed by atoms with Crippen LogP contribution in [0.2, 0.25) is 0 Å². The molecule has 0 aliphatic rings. The molecule has 0 spiro atoms.